The number of hydrogen-bond acceptors (Lipinski definition) is 3. The predicted molar refractivity (Wildman–Crippen MR) is 103 cm³/mol. The van der Waals surface area contributed by atoms with Gasteiger partial charge in [0.25, 0.3) is 0 Å². The highest BCUT2D eigenvalue weighted by molar-refractivity contribution is 7.80. The minimum atomic E-state index is -0.389. The summed E-state index contributed by atoms with van der Waals surface area (Å²) < 4.78 is 0. The molecule has 0 aromatic heterocycles. The molecule has 0 bridgehead atoms. The van der Waals surface area contributed by atoms with Crippen molar-refractivity contribution < 1.29 is 9.59 Å². The summed E-state index contributed by atoms with van der Waals surface area (Å²) in [5.41, 5.74) is 7.25. The van der Waals surface area contributed by atoms with Crippen molar-refractivity contribution in [3.05, 3.63) is 29.8 Å². The first-order valence-corrected chi connectivity index (χ1v) is 8.98. The molecule has 1 fully saturated rings. The van der Waals surface area contributed by atoms with Gasteiger partial charge in [-0.05, 0) is 43.6 Å². The molecule has 0 radical (unpaired) electrons. The SMILES string of the molecule is Cc1ccc(N2C[C@H](C(=O)NNC(=S)NCCC(C)C)CC2=O)cc1. The average molecular weight is 362 g/mol. The fourth-order valence-electron chi connectivity index (χ4n) is 2.60. The minimum Gasteiger partial charge on any atom is -0.361 e. The molecular weight excluding hydrogens is 336 g/mol. The second kappa shape index (κ2) is 8.80. The van der Waals surface area contributed by atoms with Gasteiger partial charge >= 0.3 is 0 Å². The van der Waals surface area contributed by atoms with Crippen LogP contribution in [0.5, 0.6) is 0 Å². The zero-order valence-electron chi connectivity index (χ0n) is 15.0. The molecule has 0 spiro atoms. The van der Waals surface area contributed by atoms with Crippen LogP contribution in [0.15, 0.2) is 24.3 Å². The molecule has 1 saturated heterocycles. The largest absolute Gasteiger partial charge is 0.361 e. The van der Waals surface area contributed by atoms with E-state index in [0.717, 1.165) is 24.2 Å². The number of anilines is 1. The molecule has 1 heterocycles. The van der Waals surface area contributed by atoms with Crippen molar-refractivity contribution in [3.63, 3.8) is 0 Å². The number of thiocarbonyl (C=S) groups is 1. The summed E-state index contributed by atoms with van der Waals surface area (Å²) in [6.45, 7) is 7.40. The third-order valence-corrected chi connectivity index (χ3v) is 4.39. The van der Waals surface area contributed by atoms with Crippen molar-refractivity contribution in [2.24, 2.45) is 11.8 Å². The quantitative estimate of drug-likeness (QED) is 0.551. The van der Waals surface area contributed by atoms with Gasteiger partial charge in [0.1, 0.15) is 0 Å². The zero-order valence-corrected chi connectivity index (χ0v) is 15.8. The van der Waals surface area contributed by atoms with Crippen LogP contribution in [0.2, 0.25) is 0 Å². The number of amides is 2. The molecule has 0 saturated carbocycles. The summed E-state index contributed by atoms with van der Waals surface area (Å²) in [5, 5.41) is 3.42. The second-order valence-corrected chi connectivity index (χ2v) is 7.20. The van der Waals surface area contributed by atoms with Crippen molar-refractivity contribution in [2.45, 2.75) is 33.6 Å². The van der Waals surface area contributed by atoms with Crippen LogP contribution in [0, 0.1) is 18.8 Å². The summed E-state index contributed by atoms with van der Waals surface area (Å²) in [4.78, 5) is 26.1. The Bertz CT molecular complexity index is 630. The lowest BCUT2D eigenvalue weighted by Crippen LogP contribution is -2.49. The Labute approximate surface area is 154 Å². The Balaban J connectivity index is 1.80. The van der Waals surface area contributed by atoms with E-state index in [0.29, 0.717) is 17.6 Å². The van der Waals surface area contributed by atoms with Gasteiger partial charge in [0.2, 0.25) is 11.8 Å². The summed E-state index contributed by atoms with van der Waals surface area (Å²) in [7, 11) is 0. The third-order valence-electron chi connectivity index (χ3n) is 4.15. The number of nitrogens with one attached hydrogen (secondary N) is 3. The Kier molecular flexibility index (Phi) is 6.75. The van der Waals surface area contributed by atoms with Gasteiger partial charge in [-0.25, -0.2) is 0 Å². The van der Waals surface area contributed by atoms with Crippen molar-refractivity contribution in [2.75, 3.05) is 18.0 Å². The maximum atomic E-state index is 12.3. The van der Waals surface area contributed by atoms with Crippen LogP contribution in [-0.4, -0.2) is 30.0 Å². The highest BCUT2D eigenvalue weighted by atomic mass is 32.1. The smallest absolute Gasteiger partial charge is 0.243 e. The lowest BCUT2D eigenvalue weighted by atomic mass is 10.1. The third kappa shape index (κ3) is 5.70. The fraction of sp³-hybridized carbons (Fsp3) is 0.500. The molecule has 2 amide bonds. The van der Waals surface area contributed by atoms with E-state index in [-0.39, 0.29) is 24.2 Å². The van der Waals surface area contributed by atoms with Crippen LogP contribution in [-0.2, 0) is 9.59 Å². The van der Waals surface area contributed by atoms with Gasteiger partial charge in [0.05, 0.1) is 5.92 Å². The monoisotopic (exact) mass is 362 g/mol. The van der Waals surface area contributed by atoms with Crippen LogP contribution < -0.4 is 21.1 Å². The van der Waals surface area contributed by atoms with Crippen molar-refractivity contribution in [3.8, 4) is 0 Å². The number of carbonyl (C=O) groups is 2. The van der Waals surface area contributed by atoms with E-state index < -0.39 is 0 Å². The standard InChI is InChI=1S/C18H26N4O2S/c1-12(2)8-9-19-18(25)21-20-17(24)14-10-16(23)22(11-14)15-6-4-13(3)5-7-15/h4-7,12,14H,8-11H2,1-3H3,(H,20,24)(H2,19,21,25)/t14-/m1/s1. The Morgan fingerprint density at radius 1 is 1.28 bits per heavy atom. The zero-order chi connectivity index (χ0) is 18.4. The van der Waals surface area contributed by atoms with Crippen LogP contribution >= 0.6 is 12.2 Å². The topological polar surface area (TPSA) is 73.5 Å². The molecule has 1 aromatic carbocycles. The van der Waals surface area contributed by atoms with Gasteiger partial charge in [-0.1, -0.05) is 31.5 Å². The molecule has 1 aliphatic rings. The highest BCUT2D eigenvalue weighted by Crippen LogP contribution is 2.25. The summed E-state index contributed by atoms with van der Waals surface area (Å²) in [6, 6.07) is 7.72. The van der Waals surface area contributed by atoms with E-state index in [2.05, 4.69) is 30.0 Å². The van der Waals surface area contributed by atoms with E-state index >= 15 is 0 Å². The number of nitrogens with zero attached hydrogens (tertiary/aromatic N) is 1. The number of rotatable bonds is 5. The lowest BCUT2D eigenvalue weighted by molar-refractivity contribution is -0.126. The lowest BCUT2D eigenvalue weighted by Gasteiger charge is -2.17. The van der Waals surface area contributed by atoms with Gasteiger partial charge in [-0.2, -0.15) is 0 Å². The number of carbonyl (C=O) groups excluding carboxylic acids is 2. The van der Waals surface area contributed by atoms with Crippen LogP contribution in [0.4, 0.5) is 5.69 Å². The van der Waals surface area contributed by atoms with E-state index in [9.17, 15) is 9.59 Å². The molecule has 6 nitrogen and oxygen atoms in total. The molecule has 1 aromatic rings. The Morgan fingerprint density at radius 3 is 2.60 bits per heavy atom. The fourth-order valence-corrected chi connectivity index (χ4v) is 2.75. The average Bonchev–Trinajstić information content (AvgIpc) is 2.95. The normalized spacial score (nSPS) is 16.9. The van der Waals surface area contributed by atoms with Crippen molar-refractivity contribution in [1.29, 1.82) is 0 Å². The molecule has 3 N–H and O–H groups in total. The molecule has 2 rings (SSSR count). The second-order valence-electron chi connectivity index (χ2n) is 6.79. The van der Waals surface area contributed by atoms with Gasteiger partial charge in [-0.3, -0.25) is 20.4 Å². The minimum absolute atomic E-state index is 0.0402. The first-order valence-electron chi connectivity index (χ1n) is 8.57. The molecule has 0 aliphatic carbocycles. The molecule has 0 unspecified atom stereocenters. The molecule has 1 aliphatic heterocycles. The number of benzene rings is 1. The molecule has 1 atom stereocenters. The Hall–Kier alpha value is -2.15. The Morgan fingerprint density at radius 2 is 1.96 bits per heavy atom. The number of aryl methyl sites for hydroxylation is 1. The highest BCUT2D eigenvalue weighted by Gasteiger charge is 2.35. The summed E-state index contributed by atoms with van der Waals surface area (Å²) >= 11 is 5.12. The maximum Gasteiger partial charge on any atom is 0.243 e. The number of hydrogen-bond donors (Lipinski definition) is 3. The van der Waals surface area contributed by atoms with Crippen molar-refractivity contribution in [1.82, 2.24) is 16.2 Å². The van der Waals surface area contributed by atoms with Crippen LogP contribution in [0.25, 0.3) is 0 Å². The van der Waals surface area contributed by atoms with E-state index in [1.54, 1.807) is 4.90 Å². The van der Waals surface area contributed by atoms with E-state index in [1.807, 2.05) is 31.2 Å². The predicted octanol–water partition coefficient (Wildman–Crippen LogP) is 1.89. The van der Waals surface area contributed by atoms with E-state index in [1.165, 1.54) is 0 Å². The first-order chi connectivity index (χ1) is 11.9. The molecular formula is C18H26N4O2S. The van der Waals surface area contributed by atoms with Gasteiger partial charge < -0.3 is 10.2 Å². The molecule has 136 valence electrons. The van der Waals surface area contributed by atoms with Gasteiger partial charge in [-0.15, -0.1) is 0 Å². The maximum absolute atomic E-state index is 12.3. The number of hydrazine groups is 1. The van der Waals surface area contributed by atoms with Gasteiger partial charge in [0, 0.05) is 25.2 Å². The summed E-state index contributed by atoms with van der Waals surface area (Å²) in [6.07, 6.45) is 1.20. The van der Waals surface area contributed by atoms with E-state index in [4.69, 9.17) is 12.2 Å². The summed E-state index contributed by atoms with van der Waals surface area (Å²) in [5.74, 6) is -0.0699. The molecule has 25 heavy (non-hydrogen) atoms. The van der Waals surface area contributed by atoms with Crippen LogP contribution in [0.1, 0.15) is 32.3 Å². The van der Waals surface area contributed by atoms with Gasteiger partial charge in [0.15, 0.2) is 5.11 Å². The molecule has 7 heteroatoms. The first kappa shape index (κ1) is 19.2. The van der Waals surface area contributed by atoms with Crippen LogP contribution in [0.3, 0.4) is 0 Å². The van der Waals surface area contributed by atoms with Crippen molar-refractivity contribution >= 4 is 34.8 Å².